The second-order valence-corrected chi connectivity index (χ2v) is 7.21. The molecule has 7 nitrogen and oxygen atoms in total. The standard InChI is InChI=1S/C15H16ClF3N4O3/c1-13(2,3)26-12(24)22-7-14(25-4,15(17,18)19)11-8(22)6-20-10-5-9(16)21-23(10)11/h5-6H,7H2,1-4H3. The summed E-state index contributed by atoms with van der Waals surface area (Å²) in [6.07, 6.45) is -4.62. The number of fused-ring (bicyclic) bond motifs is 3. The number of hydrogen-bond donors (Lipinski definition) is 0. The first kappa shape index (κ1) is 18.7. The lowest BCUT2D eigenvalue weighted by molar-refractivity contribution is -0.271. The van der Waals surface area contributed by atoms with Crippen LogP contribution in [0, 0.1) is 0 Å². The molecule has 0 fully saturated rings. The largest absolute Gasteiger partial charge is 0.443 e. The molecule has 26 heavy (non-hydrogen) atoms. The van der Waals surface area contributed by atoms with Crippen molar-refractivity contribution in [1.82, 2.24) is 14.6 Å². The van der Waals surface area contributed by atoms with Crippen molar-refractivity contribution in [2.24, 2.45) is 0 Å². The van der Waals surface area contributed by atoms with Crippen LogP contribution in [0.25, 0.3) is 5.65 Å². The fourth-order valence-electron chi connectivity index (χ4n) is 2.84. The van der Waals surface area contributed by atoms with Crippen LogP contribution < -0.4 is 4.90 Å². The highest BCUT2D eigenvalue weighted by Gasteiger charge is 2.65. The summed E-state index contributed by atoms with van der Waals surface area (Å²) in [6.45, 7) is 4.02. The van der Waals surface area contributed by atoms with Gasteiger partial charge in [-0.2, -0.15) is 18.3 Å². The van der Waals surface area contributed by atoms with Gasteiger partial charge >= 0.3 is 12.3 Å². The Kier molecular flexibility index (Phi) is 4.11. The molecule has 3 rings (SSSR count). The van der Waals surface area contributed by atoms with Gasteiger partial charge in [-0.25, -0.2) is 14.3 Å². The summed E-state index contributed by atoms with van der Waals surface area (Å²) in [4.78, 5) is 17.4. The van der Waals surface area contributed by atoms with E-state index in [0.717, 1.165) is 22.7 Å². The van der Waals surface area contributed by atoms with E-state index in [9.17, 15) is 18.0 Å². The number of carbonyl (C=O) groups excluding carboxylic acids is 1. The number of aromatic nitrogens is 3. The van der Waals surface area contributed by atoms with Gasteiger partial charge < -0.3 is 9.47 Å². The van der Waals surface area contributed by atoms with Gasteiger partial charge in [0.15, 0.2) is 10.8 Å². The lowest BCUT2D eigenvalue weighted by Crippen LogP contribution is -2.50. The zero-order chi connectivity index (χ0) is 19.5. The molecule has 2 aromatic rings. The molecule has 0 N–H and O–H groups in total. The molecule has 1 unspecified atom stereocenters. The molecule has 0 spiro atoms. The van der Waals surface area contributed by atoms with Gasteiger partial charge in [-0.3, -0.25) is 4.90 Å². The Morgan fingerprint density at radius 2 is 2.00 bits per heavy atom. The molecule has 11 heteroatoms. The third-order valence-corrected chi connectivity index (χ3v) is 4.09. The van der Waals surface area contributed by atoms with Gasteiger partial charge in [-0.15, -0.1) is 0 Å². The number of alkyl halides is 3. The normalized spacial score (nSPS) is 20.5. The summed E-state index contributed by atoms with van der Waals surface area (Å²) in [5, 5.41) is 3.84. The van der Waals surface area contributed by atoms with Crippen molar-refractivity contribution >= 4 is 29.0 Å². The molecule has 0 saturated heterocycles. The molecule has 0 radical (unpaired) electrons. The van der Waals surface area contributed by atoms with Crippen molar-refractivity contribution in [2.75, 3.05) is 18.6 Å². The minimum Gasteiger partial charge on any atom is -0.443 e. The number of ether oxygens (including phenoxy) is 2. The fourth-order valence-corrected chi connectivity index (χ4v) is 3.01. The number of halogens is 4. The molecule has 0 aromatic carbocycles. The average Bonchev–Trinajstić information content (AvgIpc) is 3.01. The van der Waals surface area contributed by atoms with Crippen molar-refractivity contribution in [2.45, 2.75) is 38.1 Å². The van der Waals surface area contributed by atoms with Crippen molar-refractivity contribution in [3.63, 3.8) is 0 Å². The Hall–Kier alpha value is -2.07. The first-order valence-electron chi connectivity index (χ1n) is 7.57. The maximum atomic E-state index is 14.0. The monoisotopic (exact) mass is 392 g/mol. The third-order valence-electron chi connectivity index (χ3n) is 3.91. The van der Waals surface area contributed by atoms with E-state index in [2.05, 4.69) is 10.1 Å². The van der Waals surface area contributed by atoms with Crippen LogP contribution >= 0.6 is 11.6 Å². The summed E-state index contributed by atoms with van der Waals surface area (Å²) >= 11 is 5.82. The van der Waals surface area contributed by atoms with E-state index in [-0.39, 0.29) is 22.2 Å². The Labute approximate surface area is 151 Å². The maximum absolute atomic E-state index is 14.0. The van der Waals surface area contributed by atoms with Gasteiger partial charge in [0.25, 0.3) is 0 Å². The number of carbonyl (C=O) groups is 1. The number of rotatable bonds is 1. The van der Waals surface area contributed by atoms with E-state index < -0.39 is 30.0 Å². The maximum Gasteiger partial charge on any atom is 0.425 e. The molecule has 142 valence electrons. The molecule has 1 amide bonds. The van der Waals surface area contributed by atoms with Crippen molar-refractivity contribution in [1.29, 1.82) is 0 Å². The smallest absolute Gasteiger partial charge is 0.425 e. The fraction of sp³-hybridized carbons (Fsp3) is 0.533. The van der Waals surface area contributed by atoms with E-state index in [0.29, 0.717) is 0 Å². The van der Waals surface area contributed by atoms with Gasteiger partial charge in [0.05, 0.1) is 18.4 Å². The van der Waals surface area contributed by atoms with Crippen LogP contribution in [0.2, 0.25) is 5.15 Å². The first-order chi connectivity index (χ1) is 11.9. The molecule has 0 saturated carbocycles. The van der Waals surface area contributed by atoms with E-state index >= 15 is 0 Å². The minimum absolute atomic E-state index is 0.0335. The molecule has 2 aromatic heterocycles. The second-order valence-electron chi connectivity index (χ2n) is 6.82. The van der Waals surface area contributed by atoms with Gasteiger partial charge in [-0.05, 0) is 20.8 Å². The summed E-state index contributed by atoms with van der Waals surface area (Å²) in [5.74, 6) is 0. The van der Waals surface area contributed by atoms with Gasteiger partial charge in [0.1, 0.15) is 11.3 Å². The van der Waals surface area contributed by atoms with Crippen LogP contribution in [-0.2, 0) is 15.1 Å². The number of nitrogens with zero attached hydrogens (tertiary/aromatic N) is 4. The molecule has 1 aliphatic rings. The number of amides is 1. The Morgan fingerprint density at radius 3 is 2.54 bits per heavy atom. The number of hydrogen-bond acceptors (Lipinski definition) is 5. The molecule has 1 aliphatic heterocycles. The SMILES string of the molecule is COC1(C(F)(F)F)CN(C(=O)OC(C)(C)C)c2cnc3cc(Cl)nn3c21. The van der Waals surface area contributed by atoms with Crippen LogP contribution in [0.15, 0.2) is 12.3 Å². The van der Waals surface area contributed by atoms with Crippen molar-refractivity contribution in [3.05, 3.63) is 23.1 Å². The van der Waals surface area contributed by atoms with Gasteiger partial charge in [0, 0.05) is 13.2 Å². The second kappa shape index (κ2) is 5.71. The van der Waals surface area contributed by atoms with Crippen LogP contribution in [0.5, 0.6) is 0 Å². The predicted molar refractivity (Wildman–Crippen MR) is 86.3 cm³/mol. The Morgan fingerprint density at radius 1 is 1.35 bits per heavy atom. The van der Waals surface area contributed by atoms with Crippen LogP contribution in [0.3, 0.4) is 0 Å². The average molecular weight is 393 g/mol. The van der Waals surface area contributed by atoms with Crippen LogP contribution in [-0.4, -0.2) is 46.1 Å². The quantitative estimate of drug-likeness (QED) is 0.742. The summed E-state index contributed by atoms with van der Waals surface area (Å²) < 4.78 is 53.1. The lowest BCUT2D eigenvalue weighted by Gasteiger charge is -2.31. The molecule has 3 heterocycles. The van der Waals surface area contributed by atoms with Gasteiger partial charge in [0.2, 0.25) is 5.60 Å². The molecular formula is C15H16ClF3N4O3. The molecule has 0 aliphatic carbocycles. The Balaban J connectivity index is 2.25. The number of methoxy groups -OCH3 is 1. The summed E-state index contributed by atoms with van der Waals surface area (Å²) in [7, 11) is 0.924. The predicted octanol–water partition coefficient (Wildman–Crippen LogP) is 3.54. The van der Waals surface area contributed by atoms with Crippen molar-refractivity contribution < 1.29 is 27.4 Å². The highest BCUT2D eigenvalue weighted by Crippen LogP contribution is 2.50. The summed E-state index contributed by atoms with van der Waals surface area (Å²) in [6, 6.07) is 1.31. The van der Waals surface area contributed by atoms with E-state index in [4.69, 9.17) is 21.1 Å². The lowest BCUT2D eigenvalue weighted by atomic mass is 10.0. The van der Waals surface area contributed by atoms with Gasteiger partial charge in [-0.1, -0.05) is 11.6 Å². The molecular weight excluding hydrogens is 377 g/mol. The zero-order valence-corrected chi connectivity index (χ0v) is 15.1. The van der Waals surface area contributed by atoms with Crippen molar-refractivity contribution in [3.8, 4) is 0 Å². The molecule has 0 bridgehead atoms. The first-order valence-corrected chi connectivity index (χ1v) is 7.94. The highest BCUT2D eigenvalue weighted by atomic mass is 35.5. The minimum atomic E-state index is -4.83. The summed E-state index contributed by atoms with van der Waals surface area (Å²) in [5.41, 5.74) is -4.07. The highest BCUT2D eigenvalue weighted by molar-refractivity contribution is 6.29. The number of anilines is 1. The van der Waals surface area contributed by atoms with Crippen LogP contribution in [0.4, 0.5) is 23.7 Å². The van der Waals surface area contributed by atoms with E-state index in [1.54, 1.807) is 20.8 Å². The zero-order valence-electron chi connectivity index (χ0n) is 14.4. The molecule has 1 atom stereocenters. The van der Waals surface area contributed by atoms with E-state index in [1.165, 1.54) is 6.07 Å². The van der Waals surface area contributed by atoms with E-state index in [1.807, 2.05) is 0 Å². The van der Waals surface area contributed by atoms with Crippen LogP contribution in [0.1, 0.15) is 26.5 Å². The third kappa shape index (κ3) is 2.77. The Bertz CT molecular complexity index is 877. The topological polar surface area (TPSA) is 69.0 Å².